The van der Waals surface area contributed by atoms with Gasteiger partial charge in [0.25, 0.3) is 5.69 Å². The average Bonchev–Trinajstić information content (AvgIpc) is 2.54. The topological polar surface area (TPSA) is 80.7 Å². The van der Waals surface area contributed by atoms with Crippen molar-refractivity contribution in [1.29, 1.82) is 0 Å². The van der Waals surface area contributed by atoms with Crippen LogP contribution in [0.15, 0.2) is 23.4 Å². The number of aryl methyl sites for hydroxylation is 1. The number of nitro groups is 1. The Morgan fingerprint density at radius 3 is 2.82 bits per heavy atom. The summed E-state index contributed by atoms with van der Waals surface area (Å²) in [5, 5.41) is 23.0. The van der Waals surface area contributed by atoms with Gasteiger partial charge in [-0.25, -0.2) is 0 Å². The van der Waals surface area contributed by atoms with E-state index >= 15 is 0 Å². The lowest BCUT2D eigenvalue weighted by atomic mass is 10.1. The molecule has 0 unspecified atom stereocenters. The van der Waals surface area contributed by atoms with E-state index in [1.165, 1.54) is 18.3 Å². The smallest absolute Gasteiger partial charge is 0.270 e. The molecule has 1 heterocycles. The molecule has 1 aromatic heterocycles. The predicted octanol–water partition coefficient (Wildman–Crippen LogP) is 2.20. The van der Waals surface area contributed by atoms with Gasteiger partial charge in [0.05, 0.1) is 11.1 Å². The molecule has 2 rings (SSSR count). The third kappa shape index (κ3) is 1.63. The van der Waals surface area contributed by atoms with Crippen LogP contribution < -0.4 is 0 Å². The Morgan fingerprint density at radius 1 is 1.53 bits per heavy atom. The minimum Gasteiger partial charge on any atom is -0.411 e. The van der Waals surface area contributed by atoms with Crippen molar-refractivity contribution in [2.24, 2.45) is 12.2 Å². The maximum Gasteiger partial charge on any atom is 0.270 e. The number of benzene rings is 1. The summed E-state index contributed by atoms with van der Waals surface area (Å²) < 4.78 is 1.90. The second-order valence-corrected chi connectivity index (χ2v) is 3.76. The molecule has 88 valence electrons. The molecule has 17 heavy (non-hydrogen) atoms. The number of oxime groups is 1. The molecule has 1 aromatic carbocycles. The van der Waals surface area contributed by atoms with E-state index in [1.807, 2.05) is 18.5 Å². The van der Waals surface area contributed by atoms with Gasteiger partial charge in [-0.2, -0.15) is 0 Å². The van der Waals surface area contributed by atoms with E-state index in [1.54, 1.807) is 6.07 Å². The van der Waals surface area contributed by atoms with Crippen LogP contribution in [-0.2, 0) is 7.05 Å². The zero-order valence-electron chi connectivity index (χ0n) is 9.41. The molecule has 6 nitrogen and oxygen atoms in total. The first-order chi connectivity index (χ1) is 8.06. The van der Waals surface area contributed by atoms with Crippen molar-refractivity contribution in [3.63, 3.8) is 0 Å². The Balaban J connectivity index is 2.83. The van der Waals surface area contributed by atoms with Crippen LogP contribution in [0.5, 0.6) is 0 Å². The molecule has 0 bridgehead atoms. The van der Waals surface area contributed by atoms with Crippen LogP contribution in [0.3, 0.4) is 0 Å². The van der Waals surface area contributed by atoms with Crippen molar-refractivity contribution in [3.05, 3.63) is 39.6 Å². The van der Waals surface area contributed by atoms with Gasteiger partial charge in [-0.1, -0.05) is 5.16 Å². The van der Waals surface area contributed by atoms with E-state index in [9.17, 15) is 10.1 Å². The van der Waals surface area contributed by atoms with E-state index in [-0.39, 0.29) is 5.69 Å². The van der Waals surface area contributed by atoms with Gasteiger partial charge < -0.3 is 9.77 Å². The highest BCUT2D eigenvalue weighted by Crippen LogP contribution is 2.27. The maximum atomic E-state index is 10.7. The van der Waals surface area contributed by atoms with Gasteiger partial charge in [-0.05, 0) is 13.0 Å². The molecular weight excluding hydrogens is 222 g/mol. The van der Waals surface area contributed by atoms with Gasteiger partial charge >= 0.3 is 0 Å². The van der Waals surface area contributed by atoms with Crippen LogP contribution in [0.4, 0.5) is 5.69 Å². The van der Waals surface area contributed by atoms with Crippen molar-refractivity contribution in [3.8, 4) is 0 Å². The van der Waals surface area contributed by atoms with E-state index in [2.05, 4.69) is 5.16 Å². The van der Waals surface area contributed by atoms with Crippen LogP contribution in [-0.4, -0.2) is 20.9 Å². The Morgan fingerprint density at radius 2 is 2.24 bits per heavy atom. The zero-order chi connectivity index (χ0) is 12.6. The summed E-state index contributed by atoms with van der Waals surface area (Å²) in [6, 6.07) is 4.64. The molecule has 0 atom stereocenters. The van der Waals surface area contributed by atoms with Crippen LogP contribution in [0.1, 0.15) is 11.3 Å². The molecule has 0 saturated carbocycles. The molecule has 0 radical (unpaired) electrons. The predicted molar refractivity (Wildman–Crippen MR) is 63.7 cm³/mol. The molecule has 0 amide bonds. The molecule has 0 aliphatic carbocycles. The summed E-state index contributed by atoms with van der Waals surface area (Å²) in [7, 11) is 1.86. The molecule has 0 fully saturated rings. The molecule has 2 aromatic rings. The quantitative estimate of drug-likeness (QED) is 0.373. The van der Waals surface area contributed by atoms with Gasteiger partial charge in [0.15, 0.2) is 0 Å². The Bertz CT molecular complexity index is 628. The van der Waals surface area contributed by atoms with Gasteiger partial charge in [0.2, 0.25) is 0 Å². The number of rotatable bonds is 2. The standard InChI is InChI=1S/C11H11N3O3/c1-7-10(6-12-15)9-5-8(14(16)17)3-4-11(9)13(7)2/h3-6,15H,1-2H3/b12-6+. The summed E-state index contributed by atoms with van der Waals surface area (Å²) in [6.45, 7) is 1.86. The second kappa shape index (κ2) is 3.89. The lowest BCUT2D eigenvalue weighted by Gasteiger charge is -1.97. The largest absolute Gasteiger partial charge is 0.411 e. The summed E-state index contributed by atoms with van der Waals surface area (Å²) in [5.74, 6) is 0. The van der Waals surface area contributed by atoms with Crippen LogP contribution in [0, 0.1) is 17.0 Å². The normalized spacial score (nSPS) is 11.4. The fraction of sp³-hybridized carbons (Fsp3) is 0.182. The highest BCUT2D eigenvalue weighted by atomic mass is 16.6. The lowest BCUT2D eigenvalue weighted by Crippen LogP contribution is -1.91. The van der Waals surface area contributed by atoms with Crippen molar-refractivity contribution in [2.45, 2.75) is 6.92 Å². The number of hydrogen-bond acceptors (Lipinski definition) is 4. The van der Waals surface area contributed by atoms with Crippen LogP contribution >= 0.6 is 0 Å². The van der Waals surface area contributed by atoms with Crippen molar-refractivity contribution in [2.75, 3.05) is 0 Å². The van der Waals surface area contributed by atoms with E-state index < -0.39 is 4.92 Å². The maximum absolute atomic E-state index is 10.7. The highest BCUT2D eigenvalue weighted by Gasteiger charge is 2.14. The highest BCUT2D eigenvalue weighted by molar-refractivity contribution is 6.01. The van der Waals surface area contributed by atoms with Gasteiger partial charge in [0.1, 0.15) is 0 Å². The van der Waals surface area contributed by atoms with E-state index in [0.29, 0.717) is 10.9 Å². The Hall–Kier alpha value is -2.37. The first-order valence-corrected chi connectivity index (χ1v) is 4.97. The zero-order valence-corrected chi connectivity index (χ0v) is 9.41. The Labute approximate surface area is 96.9 Å². The van der Waals surface area contributed by atoms with Gasteiger partial charge in [-0.3, -0.25) is 10.1 Å². The summed E-state index contributed by atoms with van der Waals surface area (Å²) in [4.78, 5) is 10.3. The average molecular weight is 233 g/mol. The van der Waals surface area contributed by atoms with Crippen molar-refractivity contribution < 1.29 is 10.1 Å². The number of nitro benzene ring substituents is 1. The molecule has 0 spiro atoms. The summed E-state index contributed by atoms with van der Waals surface area (Å²) in [6.07, 6.45) is 1.29. The molecule has 6 heteroatoms. The number of non-ortho nitro benzene ring substituents is 1. The molecule has 0 aliphatic heterocycles. The number of hydrogen-bond donors (Lipinski definition) is 1. The number of nitrogens with zero attached hydrogens (tertiary/aromatic N) is 3. The number of aromatic nitrogens is 1. The first-order valence-electron chi connectivity index (χ1n) is 4.97. The molecule has 0 saturated heterocycles. The SMILES string of the molecule is Cc1c(/C=N/O)c2cc([N+](=O)[O-])ccc2n1C. The molecule has 1 N–H and O–H groups in total. The van der Waals surface area contributed by atoms with E-state index in [4.69, 9.17) is 5.21 Å². The fourth-order valence-electron chi connectivity index (χ4n) is 1.92. The minimum absolute atomic E-state index is 0.0238. The van der Waals surface area contributed by atoms with Gasteiger partial charge in [0, 0.05) is 41.3 Å². The second-order valence-electron chi connectivity index (χ2n) is 3.76. The van der Waals surface area contributed by atoms with Crippen molar-refractivity contribution in [1.82, 2.24) is 4.57 Å². The first kappa shape index (κ1) is 11.1. The third-order valence-electron chi connectivity index (χ3n) is 2.92. The molecular formula is C11H11N3O3. The minimum atomic E-state index is -0.443. The fourth-order valence-corrected chi connectivity index (χ4v) is 1.92. The molecule has 0 aliphatic rings. The van der Waals surface area contributed by atoms with Crippen LogP contribution in [0.2, 0.25) is 0 Å². The van der Waals surface area contributed by atoms with Crippen LogP contribution in [0.25, 0.3) is 10.9 Å². The summed E-state index contributed by atoms with van der Waals surface area (Å²) in [5.41, 5.74) is 2.46. The van der Waals surface area contributed by atoms with E-state index in [0.717, 1.165) is 11.2 Å². The summed E-state index contributed by atoms with van der Waals surface area (Å²) >= 11 is 0. The monoisotopic (exact) mass is 233 g/mol. The third-order valence-corrected chi connectivity index (χ3v) is 2.92. The van der Waals surface area contributed by atoms with Crippen molar-refractivity contribution >= 4 is 22.8 Å². The Kier molecular flexibility index (Phi) is 2.55. The number of fused-ring (bicyclic) bond motifs is 1. The van der Waals surface area contributed by atoms with Gasteiger partial charge in [-0.15, -0.1) is 0 Å². The lowest BCUT2D eigenvalue weighted by molar-refractivity contribution is -0.384.